The second-order valence-corrected chi connectivity index (χ2v) is 4.65. The van der Waals surface area contributed by atoms with Crippen molar-refractivity contribution in [1.29, 1.82) is 0 Å². The molecule has 2 aromatic rings. The zero-order valence-corrected chi connectivity index (χ0v) is 13.0. The van der Waals surface area contributed by atoms with Crippen molar-refractivity contribution in [3.8, 4) is 28.7 Å². The number of aromatic hydroxyl groups is 2. The monoisotopic (exact) mass is 320 g/mol. The molecule has 0 spiro atoms. The van der Waals surface area contributed by atoms with Gasteiger partial charge in [0.15, 0.2) is 23.0 Å². The van der Waals surface area contributed by atoms with Gasteiger partial charge in [0.2, 0.25) is 5.75 Å². The van der Waals surface area contributed by atoms with Gasteiger partial charge in [0.05, 0.1) is 21.3 Å². The van der Waals surface area contributed by atoms with Gasteiger partial charge in [-0.3, -0.25) is 0 Å². The molecule has 2 rings (SSSR count). The summed E-state index contributed by atoms with van der Waals surface area (Å²) in [7, 11) is 4.51. The van der Waals surface area contributed by atoms with Crippen LogP contribution in [0.4, 0.5) is 4.39 Å². The summed E-state index contributed by atoms with van der Waals surface area (Å²) in [5.74, 6) is -0.163. The smallest absolute Gasteiger partial charge is 0.203 e. The molecule has 6 heteroatoms. The summed E-state index contributed by atoms with van der Waals surface area (Å²) in [5, 5.41) is 19.2. The minimum Gasteiger partial charge on any atom is -0.504 e. The van der Waals surface area contributed by atoms with Crippen LogP contribution < -0.4 is 14.2 Å². The van der Waals surface area contributed by atoms with Gasteiger partial charge in [-0.1, -0.05) is 12.2 Å². The third-order valence-corrected chi connectivity index (χ3v) is 3.23. The maximum Gasteiger partial charge on any atom is 0.203 e. The second kappa shape index (κ2) is 6.91. The van der Waals surface area contributed by atoms with Crippen LogP contribution in [0.3, 0.4) is 0 Å². The van der Waals surface area contributed by atoms with Crippen LogP contribution in [0, 0.1) is 5.82 Å². The lowest BCUT2D eigenvalue weighted by Crippen LogP contribution is -1.95. The Kier molecular flexibility index (Phi) is 4.95. The maximum absolute atomic E-state index is 13.3. The summed E-state index contributed by atoms with van der Waals surface area (Å²) >= 11 is 0. The fourth-order valence-corrected chi connectivity index (χ4v) is 2.12. The molecular weight excluding hydrogens is 303 g/mol. The van der Waals surface area contributed by atoms with Crippen LogP contribution in [0.15, 0.2) is 24.3 Å². The molecule has 0 amide bonds. The van der Waals surface area contributed by atoms with Crippen LogP contribution >= 0.6 is 0 Å². The van der Waals surface area contributed by atoms with E-state index in [1.54, 1.807) is 18.2 Å². The number of methoxy groups -OCH3 is 3. The van der Waals surface area contributed by atoms with E-state index in [2.05, 4.69) is 0 Å². The fourth-order valence-electron chi connectivity index (χ4n) is 2.12. The number of phenolic OH excluding ortho intramolecular Hbond substituents is 2. The Labute approximate surface area is 133 Å². The SMILES string of the molecule is COc1cc(/C=C\c2cc(F)cc(O)c2O)cc(OC)c1OC. The molecule has 0 aromatic heterocycles. The molecule has 0 saturated carbocycles. The van der Waals surface area contributed by atoms with Crippen molar-refractivity contribution in [2.75, 3.05) is 21.3 Å². The van der Waals surface area contributed by atoms with Crippen LogP contribution in [-0.2, 0) is 0 Å². The first-order chi connectivity index (χ1) is 11.0. The molecule has 0 aliphatic rings. The van der Waals surface area contributed by atoms with Gasteiger partial charge in [-0.15, -0.1) is 0 Å². The van der Waals surface area contributed by atoms with Crippen LogP contribution in [0.2, 0.25) is 0 Å². The Morgan fingerprint density at radius 3 is 2.00 bits per heavy atom. The molecule has 2 aromatic carbocycles. The normalized spacial score (nSPS) is 10.8. The van der Waals surface area contributed by atoms with E-state index in [0.717, 1.165) is 12.1 Å². The van der Waals surface area contributed by atoms with Crippen molar-refractivity contribution in [2.45, 2.75) is 0 Å². The summed E-state index contributed by atoms with van der Waals surface area (Å²) in [6.45, 7) is 0. The summed E-state index contributed by atoms with van der Waals surface area (Å²) in [4.78, 5) is 0. The summed E-state index contributed by atoms with van der Waals surface area (Å²) in [6.07, 6.45) is 3.09. The summed E-state index contributed by atoms with van der Waals surface area (Å²) in [6, 6.07) is 5.36. The molecule has 122 valence electrons. The molecule has 0 atom stereocenters. The third-order valence-electron chi connectivity index (χ3n) is 3.23. The molecule has 5 nitrogen and oxygen atoms in total. The number of halogens is 1. The lowest BCUT2D eigenvalue weighted by atomic mass is 10.1. The topological polar surface area (TPSA) is 68.2 Å². The molecule has 0 aliphatic carbocycles. The van der Waals surface area contributed by atoms with Crippen LogP contribution in [0.25, 0.3) is 12.2 Å². The van der Waals surface area contributed by atoms with Crippen molar-refractivity contribution < 1.29 is 28.8 Å². The first-order valence-corrected chi connectivity index (χ1v) is 6.69. The van der Waals surface area contributed by atoms with Crippen molar-refractivity contribution >= 4 is 12.2 Å². The highest BCUT2D eigenvalue weighted by atomic mass is 19.1. The van der Waals surface area contributed by atoms with E-state index in [-0.39, 0.29) is 5.56 Å². The lowest BCUT2D eigenvalue weighted by Gasteiger charge is -2.12. The van der Waals surface area contributed by atoms with Crippen molar-refractivity contribution in [3.63, 3.8) is 0 Å². The minimum absolute atomic E-state index is 0.149. The standard InChI is InChI=1S/C17H17FO5/c1-21-14-6-10(7-15(22-2)17(14)23-3)4-5-11-8-12(18)9-13(19)16(11)20/h4-9,19-20H,1-3H3/b5-4-. The van der Waals surface area contributed by atoms with Gasteiger partial charge in [0.25, 0.3) is 0 Å². The van der Waals surface area contributed by atoms with Gasteiger partial charge < -0.3 is 24.4 Å². The fraction of sp³-hybridized carbons (Fsp3) is 0.176. The minimum atomic E-state index is -0.648. The molecule has 2 N–H and O–H groups in total. The molecule has 0 aliphatic heterocycles. The largest absolute Gasteiger partial charge is 0.504 e. The number of phenols is 2. The third kappa shape index (κ3) is 3.48. The van der Waals surface area contributed by atoms with E-state index in [1.807, 2.05) is 0 Å². The Hall–Kier alpha value is -2.89. The van der Waals surface area contributed by atoms with Gasteiger partial charge in [-0.25, -0.2) is 4.39 Å². The highest BCUT2D eigenvalue weighted by Gasteiger charge is 2.12. The zero-order valence-electron chi connectivity index (χ0n) is 13.0. The molecular formula is C17H17FO5. The van der Waals surface area contributed by atoms with Gasteiger partial charge in [-0.05, 0) is 23.8 Å². The quantitative estimate of drug-likeness (QED) is 0.652. The van der Waals surface area contributed by atoms with E-state index >= 15 is 0 Å². The van der Waals surface area contributed by atoms with Gasteiger partial charge >= 0.3 is 0 Å². The van der Waals surface area contributed by atoms with Crippen molar-refractivity contribution in [3.05, 3.63) is 41.2 Å². The van der Waals surface area contributed by atoms with E-state index < -0.39 is 17.3 Å². The average Bonchev–Trinajstić information content (AvgIpc) is 2.55. The Morgan fingerprint density at radius 2 is 1.48 bits per heavy atom. The van der Waals surface area contributed by atoms with Crippen LogP contribution in [-0.4, -0.2) is 31.5 Å². The predicted molar refractivity (Wildman–Crippen MR) is 84.8 cm³/mol. The highest BCUT2D eigenvalue weighted by Crippen LogP contribution is 2.39. The number of hydrogen-bond donors (Lipinski definition) is 2. The Morgan fingerprint density at radius 1 is 0.870 bits per heavy atom. The molecule has 0 unspecified atom stereocenters. The van der Waals surface area contributed by atoms with Gasteiger partial charge in [0, 0.05) is 11.6 Å². The average molecular weight is 320 g/mol. The molecule has 0 radical (unpaired) electrons. The maximum atomic E-state index is 13.3. The summed E-state index contributed by atoms with van der Waals surface area (Å²) in [5.41, 5.74) is 0.832. The zero-order chi connectivity index (χ0) is 17.0. The lowest BCUT2D eigenvalue weighted by molar-refractivity contribution is 0.324. The second-order valence-electron chi connectivity index (χ2n) is 4.65. The van der Waals surface area contributed by atoms with E-state index in [1.165, 1.54) is 27.4 Å². The highest BCUT2D eigenvalue weighted by molar-refractivity contribution is 5.76. The number of rotatable bonds is 5. The predicted octanol–water partition coefficient (Wildman–Crippen LogP) is 3.43. The van der Waals surface area contributed by atoms with Crippen LogP contribution in [0.5, 0.6) is 28.7 Å². The number of hydrogen-bond acceptors (Lipinski definition) is 5. The molecule has 0 heterocycles. The van der Waals surface area contributed by atoms with Crippen molar-refractivity contribution in [2.24, 2.45) is 0 Å². The molecule has 23 heavy (non-hydrogen) atoms. The van der Waals surface area contributed by atoms with Crippen LogP contribution in [0.1, 0.15) is 11.1 Å². The Balaban J connectivity index is 2.44. The first kappa shape index (κ1) is 16.5. The van der Waals surface area contributed by atoms with E-state index in [0.29, 0.717) is 22.8 Å². The first-order valence-electron chi connectivity index (χ1n) is 6.69. The summed E-state index contributed by atoms with van der Waals surface area (Å²) < 4.78 is 29.0. The van der Waals surface area contributed by atoms with E-state index in [4.69, 9.17) is 14.2 Å². The van der Waals surface area contributed by atoms with Gasteiger partial charge in [-0.2, -0.15) is 0 Å². The van der Waals surface area contributed by atoms with Crippen molar-refractivity contribution in [1.82, 2.24) is 0 Å². The Bertz CT molecular complexity index is 715. The van der Waals surface area contributed by atoms with Gasteiger partial charge in [0.1, 0.15) is 5.82 Å². The van der Waals surface area contributed by atoms with E-state index in [9.17, 15) is 14.6 Å². The number of benzene rings is 2. The molecule has 0 bridgehead atoms. The number of ether oxygens (including phenoxy) is 3. The molecule has 0 fully saturated rings. The molecule has 0 saturated heterocycles.